The van der Waals surface area contributed by atoms with Gasteiger partial charge in [-0.3, -0.25) is 4.79 Å². The number of nitrogens with one attached hydrogen (secondary N) is 1. The summed E-state index contributed by atoms with van der Waals surface area (Å²) in [5.74, 6) is -0.444. The highest BCUT2D eigenvalue weighted by Gasteiger charge is 2.31. The van der Waals surface area contributed by atoms with Gasteiger partial charge in [-0.15, -0.1) is 0 Å². The van der Waals surface area contributed by atoms with Crippen molar-refractivity contribution < 1.29 is 24.2 Å². The Balaban J connectivity index is 1.96. The lowest BCUT2D eigenvalue weighted by molar-refractivity contribution is -0.144. The van der Waals surface area contributed by atoms with Crippen LogP contribution >= 0.6 is 0 Å². The van der Waals surface area contributed by atoms with E-state index in [1.165, 1.54) is 0 Å². The van der Waals surface area contributed by atoms with Crippen molar-refractivity contribution >= 4 is 11.9 Å². The lowest BCUT2D eigenvalue weighted by Gasteiger charge is -2.27. The number of carbonyl (C=O) groups excluding carboxylic acids is 1. The van der Waals surface area contributed by atoms with Gasteiger partial charge >= 0.3 is 5.97 Å². The van der Waals surface area contributed by atoms with Gasteiger partial charge in [-0.05, 0) is 30.4 Å². The number of hydrogen-bond acceptors (Lipinski definition) is 4. The molecule has 1 aliphatic heterocycles. The van der Waals surface area contributed by atoms with Crippen LogP contribution in [0, 0.1) is 5.41 Å². The third-order valence-electron chi connectivity index (χ3n) is 3.60. The third kappa shape index (κ3) is 4.87. The van der Waals surface area contributed by atoms with E-state index in [0.29, 0.717) is 24.3 Å². The molecule has 6 heteroatoms. The zero-order chi connectivity index (χ0) is 17.0. The summed E-state index contributed by atoms with van der Waals surface area (Å²) < 4.78 is 11.1. The molecular weight excluding hydrogens is 298 g/mol. The van der Waals surface area contributed by atoms with Gasteiger partial charge in [0, 0.05) is 0 Å². The van der Waals surface area contributed by atoms with E-state index < -0.39 is 24.0 Å². The standard InChI is InChI=1S/C17H23NO5/c1-17(2,3)9-8-11(16(20)21)18-15(19)14-10-22-12-6-4-5-7-13(12)23-14/h4-7,11,14H,8-10H2,1-3H3,(H,18,19)(H,20,21). The molecule has 1 aliphatic rings. The Morgan fingerprint density at radius 1 is 1.30 bits per heavy atom. The van der Waals surface area contributed by atoms with Gasteiger partial charge in [0.2, 0.25) is 6.10 Å². The fourth-order valence-corrected chi connectivity index (χ4v) is 2.25. The van der Waals surface area contributed by atoms with Crippen LogP contribution in [0.3, 0.4) is 0 Å². The van der Waals surface area contributed by atoms with Gasteiger partial charge < -0.3 is 19.9 Å². The summed E-state index contributed by atoms with van der Waals surface area (Å²) in [6.45, 7) is 6.16. The van der Waals surface area contributed by atoms with Crippen LogP contribution in [0.2, 0.25) is 0 Å². The first-order chi connectivity index (χ1) is 10.8. The molecule has 0 aromatic heterocycles. The van der Waals surface area contributed by atoms with E-state index in [9.17, 15) is 14.7 Å². The van der Waals surface area contributed by atoms with Crippen molar-refractivity contribution in [3.05, 3.63) is 24.3 Å². The first-order valence-electron chi connectivity index (χ1n) is 7.68. The van der Waals surface area contributed by atoms with E-state index in [2.05, 4.69) is 5.32 Å². The molecule has 1 aromatic rings. The number of carboxylic acids is 1. The molecule has 0 fully saturated rings. The summed E-state index contributed by atoms with van der Waals surface area (Å²) in [6.07, 6.45) is 0.213. The second-order valence-electron chi connectivity index (χ2n) is 6.86. The lowest BCUT2D eigenvalue weighted by atomic mass is 9.88. The molecular formula is C17H23NO5. The predicted molar refractivity (Wildman–Crippen MR) is 84.6 cm³/mol. The number of benzene rings is 1. The molecule has 2 rings (SSSR count). The van der Waals surface area contributed by atoms with Crippen molar-refractivity contribution in [1.82, 2.24) is 5.32 Å². The van der Waals surface area contributed by atoms with Crippen LogP contribution in [0.15, 0.2) is 24.3 Å². The zero-order valence-corrected chi connectivity index (χ0v) is 13.7. The van der Waals surface area contributed by atoms with Crippen molar-refractivity contribution in [2.24, 2.45) is 5.41 Å². The molecule has 0 bridgehead atoms. The Bertz CT molecular complexity index is 579. The highest BCUT2D eigenvalue weighted by Crippen LogP contribution is 2.31. The van der Waals surface area contributed by atoms with Crippen LogP contribution in [0.25, 0.3) is 0 Å². The number of hydrogen-bond donors (Lipinski definition) is 2. The Labute approximate surface area is 135 Å². The normalized spacial score (nSPS) is 18.1. The molecule has 2 unspecified atom stereocenters. The van der Waals surface area contributed by atoms with Crippen LogP contribution in [-0.4, -0.2) is 35.7 Å². The number of carboxylic acid groups (broad SMARTS) is 1. The van der Waals surface area contributed by atoms with Gasteiger partial charge in [0.05, 0.1) is 0 Å². The number of fused-ring (bicyclic) bond motifs is 1. The van der Waals surface area contributed by atoms with Crippen LogP contribution in [0.1, 0.15) is 33.6 Å². The summed E-state index contributed by atoms with van der Waals surface area (Å²) in [5, 5.41) is 11.8. The largest absolute Gasteiger partial charge is 0.485 e. The second kappa shape index (κ2) is 6.89. The molecule has 2 N–H and O–H groups in total. The second-order valence-corrected chi connectivity index (χ2v) is 6.86. The van der Waals surface area contributed by atoms with Crippen LogP contribution < -0.4 is 14.8 Å². The summed E-state index contributed by atoms with van der Waals surface area (Å²) in [5.41, 5.74) is 0.00180. The topological polar surface area (TPSA) is 84.9 Å². The van der Waals surface area contributed by atoms with E-state index in [1.807, 2.05) is 26.8 Å². The smallest absolute Gasteiger partial charge is 0.326 e. The molecule has 2 atom stereocenters. The molecule has 126 valence electrons. The van der Waals surface area contributed by atoms with Crippen molar-refractivity contribution in [2.45, 2.75) is 45.8 Å². The minimum Gasteiger partial charge on any atom is -0.485 e. The number of aliphatic carboxylic acids is 1. The highest BCUT2D eigenvalue weighted by molar-refractivity contribution is 5.86. The Morgan fingerprint density at radius 2 is 1.96 bits per heavy atom. The molecule has 0 saturated carbocycles. The maximum atomic E-state index is 12.3. The van der Waals surface area contributed by atoms with Crippen molar-refractivity contribution in [1.29, 1.82) is 0 Å². The van der Waals surface area contributed by atoms with Gasteiger partial charge in [-0.1, -0.05) is 32.9 Å². The zero-order valence-electron chi connectivity index (χ0n) is 13.7. The van der Waals surface area contributed by atoms with Gasteiger partial charge in [0.15, 0.2) is 11.5 Å². The average Bonchev–Trinajstić information content (AvgIpc) is 2.49. The molecule has 0 aliphatic carbocycles. The summed E-state index contributed by atoms with van der Waals surface area (Å²) >= 11 is 0. The number of para-hydroxylation sites is 2. The molecule has 1 amide bonds. The summed E-state index contributed by atoms with van der Waals surface area (Å²) in [4.78, 5) is 23.6. The maximum Gasteiger partial charge on any atom is 0.326 e. The molecule has 1 heterocycles. The molecule has 1 aromatic carbocycles. The minimum atomic E-state index is -1.04. The third-order valence-corrected chi connectivity index (χ3v) is 3.60. The quantitative estimate of drug-likeness (QED) is 0.868. The summed E-state index contributed by atoms with van der Waals surface area (Å²) in [6, 6.07) is 6.14. The van der Waals surface area contributed by atoms with Crippen LogP contribution in [0.4, 0.5) is 0 Å². The first-order valence-corrected chi connectivity index (χ1v) is 7.68. The first kappa shape index (κ1) is 17.1. The number of rotatable bonds is 5. The van der Waals surface area contributed by atoms with Crippen molar-refractivity contribution in [2.75, 3.05) is 6.61 Å². The van der Waals surface area contributed by atoms with E-state index in [-0.39, 0.29) is 12.0 Å². The Hall–Kier alpha value is -2.24. The molecule has 0 spiro atoms. The molecule has 0 saturated heterocycles. The SMILES string of the molecule is CC(C)(C)CCC(NC(=O)C1COc2ccccc2O1)C(=O)O. The van der Waals surface area contributed by atoms with Crippen LogP contribution in [0.5, 0.6) is 11.5 Å². The monoisotopic (exact) mass is 321 g/mol. The fourth-order valence-electron chi connectivity index (χ4n) is 2.25. The van der Waals surface area contributed by atoms with Crippen LogP contribution in [-0.2, 0) is 9.59 Å². The van der Waals surface area contributed by atoms with E-state index in [0.717, 1.165) is 0 Å². The van der Waals surface area contributed by atoms with Gasteiger partial charge in [-0.25, -0.2) is 4.79 Å². The number of carbonyl (C=O) groups is 2. The number of ether oxygens (including phenoxy) is 2. The highest BCUT2D eigenvalue weighted by atomic mass is 16.6. The van der Waals surface area contributed by atoms with Crippen molar-refractivity contribution in [3.63, 3.8) is 0 Å². The van der Waals surface area contributed by atoms with E-state index >= 15 is 0 Å². The van der Waals surface area contributed by atoms with Gasteiger partial charge in [0.1, 0.15) is 12.6 Å². The Morgan fingerprint density at radius 3 is 2.57 bits per heavy atom. The number of amides is 1. The van der Waals surface area contributed by atoms with E-state index in [1.54, 1.807) is 18.2 Å². The van der Waals surface area contributed by atoms with Gasteiger partial charge in [0.25, 0.3) is 5.91 Å². The summed E-state index contributed by atoms with van der Waals surface area (Å²) in [7, 11) is 0. The van der Waals surface area contributed by atoms with Gasteiger partial charge in [-0.2, -0.15) is 0 Å². The average molecular weight is 321 g/mol. The molecule has 23 heavy (non-hydrogen) atoms. The molecule has 0 radical (unpaired) electrons. The minimum absolute atomic E-state index is 0.00180. The van der Waals surface area contributed by atoms with E-state index in [4.69, 9.17) is 9.47 Å². The molecule has 6 nitrogen and oxygen atoms in total. The van der Waals surface area contributed by atoms with Crippen molar-refractivity contribution in [3.8, 4) is 11.5 Å². The maximum absolute atomic E-state index is 12.3. The Kier molecular flexibility index (Phi) is 5.13. The lowest BCUT2D eigenvalue weighted by Crippen LogP contribution is -2.50. The fraction of sp³-hybridized carbons (Fsp3) is 0.529. The predicted octanol–water partition coefficient (Wildman–Crippen LogP) is 2.22.